The van der Waals surface area contributed by atoms with E-state index in [-0.39, 0.29) is 29.7 Å². The molecule has 0 aromatic rings. The van der Waals surface area contributed by atoms with Crippen LogP contribution < -0.4 is 0 Å². The second kappa shape index (κ2) is 13.3. The van der Waals surface area contributed by atoms with Crippen LogP contribution in [0.3, 0.4) is 0 Å². The first-order chi connectivity index (χ1) is 8.52. The van der Waals surface area contributed by atoms with E-state index < -0.39 is 31.9 Å². The predicted octanol–water partition coefficient (Wildman–Crippen LogP) is 6.60. The molecule has 156 valence electrons. The van der Waals surface area contributed by atoms with Crippen LogP contribution in [0.4, 0.5) is 52.7 Å². The number of alkyl halides is 12. The van der Waals surface area contributed by atoms with Crippen LogP contribution >= 0.6 is 0 Å². The summed E-state index contributed by atoms with van der Waals surface area (Å²) in [5.41, 5.74) is 0. The molecule has 15 heteroatoms. The molecule has 0 spiro atoms. The zero-order valence-electron chi connectivity index (χ0n) is 8.47. The molecule has 0 unspecified atom stereocenters. The first kappa shape index (κ1) is 38.5. The van der Waals surface area contributed by atoms with Gasteiger partial charge in [-0.25, -0.2) is 9.13 Å². The molecule has 0 aromatic heterocycles. The Labute approximate surface area is 130 Å². The van der Waals surface area contributed by atoms with Crippen molar-refractivity contribution in [1.29, 1.82) is 0 Å². The molecular weight excluding hydrogens is 384 g/mol. The molecule has 0 aliphatic heterocycles. The second-order valence-electron chi connectivity index (χ2n) is 2.32. The van der Waals surface area contributed by atoms with Crippen molar-refractivity contribution in [3.63, 3.8) is 0 Å². The molecule has 24 heavy (non-hydrogen) atoms. The van der Waals surface area contributed by atoms with Crippen molar-refractivity contribution < 1.29 is 67.2 Å². The highest BCUT2D eigenvalue weighted by Crippen LogP contribution is 2.40. The molecule has 0 amide bonds. The molecule has 0 bridgehead atoms. The van der Waals surface area contributed by atoms with E-state index in [1.54, 1.807) is 4.74 Å². The lowest BCUT2D eigenvalue weighted by atomic mass is 10.6. The number of hydrogen-bond acceptors (Lipinski definition) is 3. The van der Waals surface area contributed by atoms with Crippen LogP contribution in [0.15, 0.2) is 0 Å². The van der Waals surface area contributed by atoms with E-state index in [9.17, 15) is 52.7 Å². The lowest BCUT2D eigenvalue weighted by Gasteiger charge is -2.24. The monoisotopic (exact) mass is 402 g/mol. The van der Waals surface area contributed by atoms with Crippen molar-refractivity contribution in [1.82, 2.24) is 0 Å². The van der Waals surface area contributed by atoms with Crippen LogP contribution in [0.2, 0.25) is 0 Å². The third-order valence-electron chi connectivity index (χ3n) is 0.791. The van der Waals surface area contributed by atoms with Crippen molar-refractivity contribution in [3.05, 3.63) is 0 Å². The Morgan fingerprint density at radius 2 is 0.875 bits per heavy atom. The summed E-state index contributed by atoms with van der Waals surface area (Å²) in [6, 6.07) is 0. The first-order valence-corrected chi connectivity index (χ1v) is 3.66. The van der Waals surface area contributed by atoms with E-state index in [4.69, 9.17) is 0 Å². The summed E-state index contributed by atoms with van der Waals surface area (Å²) in [6.45, 7) is -2.06. The largest absolute Gasteiger partial charge is 0.559 e. The third kappa shape index (κ3) is 23.3. The molecule has 0 N–H and O–H groups in total. The van der Waals surface area contributed by atoms with Crippen LogP contribution in [-0.4, -0.2) is 31.9 Å². The van der Waals surface area contributed by atoms with E-state index in [2.05, 4.69) is 9.78 Å². The van der Waals surface area contributed by atoms with Gasteiger partial charge in [0, 0.05) is 0 Å². The summed E-state index contributed by atoms with van der Waals surface area (Å²) in [5.74, 6) is 0. The first-order valence-electron chi connectivity index (χ1n) is 3.66. The normalized spacial score (nSPS) is 11.5. The highest BCUT2D eigenvalue weighted by Gasteiger charge is 2.66. The van der Waals surface area contributed by atoms with Crippen molar-refractivity contribution in [3.8, 4) is 0 Å². The standard InChI is InChI=1S/C4H2F8O3.CF4.4CH4/c5-1-13-15-3(8,9)2(6,7)14-4(10,11)12;2-1(3,4)5;;;;/h1H2;;4*1H4. The second-order valence-corrected chi connectivity index (χ2v) is 2.32. The van der Waals surface area contributed by atoms with Gasteiger partial charge >= 0.3 is 25.0 Å². The zero-order valence-corrected chi connectivity index (χ0v) is 8.47. The molecule has 0 heterocycles. The number of rotatable bonds is 5. The van der Waals surface area contributed by atoms with Crippen molar-refractivity contribution in [2.45, 2.75) is 54.7 Å². The van der Waals surface area contributed by atoms with Gasteiger partial charge in [-0.3, -0.25) is 0 Å². The van der Waals surface area contributed by atoms with Gasteiger partial charge in [-0.15, -0.1) is 30.7 Å². The Kier molecular flexibility index (Phi) is 21.4. The van der Waals surface area contributed by atoms with Crippen molar-refractivity contribution in [2.75, 3.05) is 6.86 Å². The Hall–Kier alpha value is -0.960. The maximum Gasteiger partial charge on any atom is 0.559 e. The van der Waals surface area contributed by atoms with Crippen LogP contribution in [0.25, 0.3) is 0 Å². The van der Waals surface area contributed by atoms with Gasteiger partial charge in [-0.2, -0.15) is 27.3 Å². The summed E-state index contributed by atoms with van der Waals surface area (Å²) in [6.07, 6.45) is -23.3. The summed E-state index contributed by atoms with van der Waals surface area (Å²) >= 11 is 0. The molecule has 0 rings (SSSR count). The Balaban J connectivity index is -0.0000000795. The molecule has 0 saturated carbocycles. The van der Waals surface area contributed by atoms with Gasteiger partial charge in [0.1, 0.15) is 0 Å². The van der Waals surface area contributed by atoms with Crippen LogP contribution in [0, 0.1) is 0 Å². The smallest absolute Gasteiger partial charge is 0.219 e. The van der Waals surface area contributed by atoms with Gasteiger partial charge in [0.2, 0.25) is 6.86 Å². The van der Waals surface area contributed by atoms with Crippen LogP contribution in [-0.2, 0) is 14.5 Å². The van der Waals surface area contributed by atoms with Crippen molar-refractivity contribution >= 4 is 0 Å². The van der Waals surface area contributed by atoms with E-state index in [1.807, 2.05) is 0 Å². The van der Waals surface area contributed by atoms with E-state index >= 15 is 0 Å². The molecule has 0 aliphatic rings. The molecule has 0 radical (unpaired) electrons. The molecule has 0 atom stereocenters. The van der Waals surface area contributed by atoms with Gasteiger partial charge in [-0.1, -0.05) is 29.7 Å². The minimum Gasteiger partial charge on any atom is -0.219 e. The molecule has 0 fully saturated rings. The minimum atomic E-state index is -6.04. The molecule has 0 aromatic carbocycles. The van der Waals surface area contributed by atoms with Crippen LogP contribution in [0.5, 0.6) is 0 Å². The number of halogens is 12. The SMILES string of the molecule is C.C.C.C.FC(F)(F)F.FCOOC(F)(F)C(F)(F)OC(F)(F)F. The maximum atomic E-state index is 12.0. The fraction of sp³-hybridized carbons (Fsp3) is 1.00. The Bertz CT molecular complexity index is 270. The minimum absolute atomic E-state index is 0. The summed E-state index contributed by atoms with van der Waals surface area (Å²) in [5, 5.41) is 0. The van der Waals surface area contributed by atoms with E-state index in [0.29, 0.717) is 0 Å². The average molecular weight is 402 g/mol. The van der Waals surface area contributed by atoms with Gasteiger partial charge in [0.25, 0.3) is 0 Å². The lowest BCUT2D eigenvalue weighted by Crippen LogP contribution is -2.47. The lowest BCUT2D eigenvalue weighted by molar-refractivity contribution is -0.560. The van der Waals surface area contributed by atoms with E-state index in [1.165, 1.54) is 0 Å². The topological polar surface area (TPSA) is 27.7 Å². The van der Waals surface area contributed by atoms with Crippen molar-refractivity contribution in [2.24, 2.45) is 0 Å². The molecule has 3 nitrogen and oxygen atoms in total. The number of ether oxygens (including phenoxy) is 1. The highest BCUT2D eigenvalue weighted by atomic mass is 19.5. The third-order valence-corrected chi connectivity index (χ3v) is 0.791. The summed E-state index contributed by atoms with van der Waals surface area (Å²) in [4.78, 5) is 5.16. The van der Waals surface area contributed by atoms with Gasteiger partial charge < -0.3 is 0 Å². The maximum absolute atomic E-state index is 12.0. The fourth-order valence-corrected chi connectivity index (χ4v) is 0.350. The average Bonchev–Trinajstić information content (AvgIpc) is 2.07. The van der Waals surface area contributed by atoms with Gasteiger partial charge in [-0.05, 0) is 0 Å². The summed E-state index contributed by atoms with van der Waals surface area (Å²) in [7, 11) is 0. The van der Waals surface area contributed by atoms with Crippen LogP contribution in [0.1, 0.15) is 29.7 Å². The fourth-order valence-electron chi connectivity index (χ4n) is 0.350. The molecular formula is C9H18F12O3. The zero-order chi connectivity index (χ0) is 16.8. The Morgan fingerprint density at radius 3 is 1.08 bits per heavy atom. The van der Waals surface area contributed by atoms with Gasteiger partial charge in [0.15, 0.2) is 0 Å². The Morgan fingerprint density at radius 1 is 0.583 bits per heavy atom. The highest BCUT2D eigenvalue weighted by molar-refractivity contribution is 4.65. The molecule has 0 saturated heterocycles. The number of hydrogen-bond donors (Lipinski definition) is 0. The molecule has 0 aliphatic carbocycles. The van der Waals surface area contributed by atoms with Gasteiger partial charge in [0.05, 0.1) is 0 Å². The predicted molar refractivity (Wildman–Crippen MR) is 59.3 cm³/mol. The summed E-state index contributed by atoms with van der Waals surface area (Å²) < 4.78 is 133. The quantitative estimate of drug-likeness (QED) is 0.295. The van der Waals surface area contributed by atoms with E-state index in [0.717, 1.165) is 0 Å².